The number of hydrogen-bond donors (Lipinski definition) is 2. The lowest BCUT2D eigenvalue weighted by Crippen LogP contribution is -2.31. The van der Waals surface area contributed by atoms with Gasteiger partial charge in [0, 0.05) is 26.7 Å². The Labute approximate surface area is 162 Å². The molecule has 0 aromatic heterocycles. The van der Waals surface area contributed by atoms with Crippen LogP contribution in [0.15, 0.2) is 36.4 Å². The van der Waals surface area contributed by atoms with Crippen LogP contribution < -0.4 is 20.1 Å². The zero-order chi connectivity index (χ0) is 19.1. The first-order valence-corrected chi connectivity index (χ1v) is 9.72. The second-order valence-corrected chi connectivity index (χ2v) is 6.93. The number of methoxy groups -OCH3 is 2. The summed E-state index contributed by atoms with van der Waals surface area (Å²) >= 11 is 0. The van der Waals surface area contributed by atoms with Crippen molar-refractivity contribution in [3.8, 4) is 11.5 Å². The second kappa shape index (κ2) is 9.51. The lowest BCUT2D eigenvalue weighted by molar-refractivity contribution is 0.248. The lowest BCUT2D eigenvalue weighted by atomic mass is 9.98. The maximum atomic E-state index is 5.45. The Hall–Kier alpha value is -2.40. The van der Waals surface area contributed by atoms with Crippen LogP contribution in [0.5, 0.6) is 11.5 Å². The summed E-state index contributed by atoms with van der Waals surface area (Å²) in [6.07, 6.45) is 3.42. The molecule has 1 aliphatic rings. The van der Waals surface area contributed by atoms with Gasteiger partial charge in [0.15, 0.2) is 11.5 Å². The minimum absolute atomic E-state index is 0.825. The van der Waals surface area contributed by atoms with Crippen molar-refractivity contribution < 1.29 is 9.47 Å². The molecule has 0 fully saturated rings. The standard InChI is InChI=1S/C22H31N3O2/c1-23-19-8-4-5-9-20(19)24-11-6-7-12-25-13-10-17-14-21(26-2)22(27-3)15-18(17)16-25/h4-5,8-9,14-15,23-24H,6-7,10-13,16H2,1-3H3. The molecule has 0 bridgehead atoms. The van der Waals surface area contributed by atoms with Crippen LogP contribution in [0.4, 0.5) is 11.4 Å². The van der Waals surface area contributed by atoms with Gasteiger partial charge in [-0.3, -0.25) is 4.90 Å². The SMILES string of the molecule is CNc1ccccc1NCCCCN1CCc2cc(OC)c(OC)cc2C1. The van der Waals surface area contributed by atoms with Gasteiger partial charge in [0.1, 0.15) is 0 Å². The Morgan fingerprint density at radius 1 is 0.963 bits per heavy atom. The predicted octanol–water partition coefficient (Wildman–Crippen LogP) is 4.00. The van der Waals surface area contributed by atoms with E-state index in [0.717, 1.165) is 56.2 Å². The highest BCUT2D eigenvalue weighted by Gasteiger charge is 2.19. The number of fused-ring (bicyclic) bond motifs is 1. The Morgan fingerprint density at radius 2 is 1.67 bits per heavy atom. The van der Waals surface area contributed by atoms with E-state index in [1.54, 1.807) is 14.2 Å². The maximum absolute atomic E-state index is 5.45. The number of nitrogens with zero attached hydrogens (tertiary/aromatic N) is 1. The van der Waals surface area contributed by atoms with E-state index in [-0.39, 0.29) is 0 Å². The van der Waals surface area contributed by atoms with E-state index >= 15 is 0 Å². The predicted molar refractivity (Wildman–Crippen MR) is 112 cm³/mol. The molecular weight excluding hydrogens is 338 g/mol. The average Bonchev–Trinajstić information content (AvgIpc) is 2.72. The van der Waals surface area contributed by atoms with Crippen molar-refractivity contribution in [1.82, 2.24) is 4.90 Å². The lowest BCUT2D eigenvalue weighted by Gasteiger charge is -2.29. The van der Waals surface area contributed by atoms with Crippen molar-refractivity contribution in [1.29, 1.82) is 0 Å². The van der Waals surface area contributed by atoms with Crippen molar-refractivity contribution in [2.75, 3.05) is 51.5 Å². The van der Waals surface area contributed by atoms with Crippen LogP contribution in [0, 0.1) is 0 Å². The molecular formula is C22H31N3O2. The molecule has 1 aliphatic heterocycles. The quantitative estimate of drug-likeness (QED) is 0.654. The molecule has 0 spiro atoms. The Bertz CT molecular complexity index is 748. The number of para-hydroxylation sites is 2. The topological polar surface area (TPSA) is 45.8 Å². The van der Waals surface area contributed by atoms with Crippen molar-refractivity contribution >= 4 is 11.4 Å². The van der Waals surface area contributed by atoms with Crippen molar-refractivity contribution in [2.45, 2.75) is 25.8 Å². The number of nitrogens with one attached hydrogen (secondary N) is 2. The molecule has 146 valence electrons. The zero-order valence-electron chi connectivity index (χ0n) is 16.7. The molecule has 0 atom stereocenters. The van der Waals surface area contributed by atoms with Crippen LogP contribution >= 0.6 is 0 Å². The minimum Gasteiger partial charge on any atom is -0.493 e. The summed E-state index contributed by atoms with van der Waals surface area (Å²) in [6.45, 7) is 4.22. The van der Waals surface area contributed by atoms with E-state index in [9.17, 15) is 0 Å². The third-order valence-electron chi connectivity index (χ3n) is 5.21. The third kappa shape index (κ3) is 4.86. The van der Waals surface area contributed by atoms with Gasteiger partial charge in [-0.05, 0) is 61.2 Å². The van der Waals surface area contributed by atoms with Crippen molar-refractivity contribution in [3.05, 3.63) is 47.5 Å². The maximum Gasteiger partial charge on any atom is 0.161 e. The van der Waals surface area contributed by atoms with Gasteiger partial charge in [0.05, 0.1) is 25.6 Å². The van der Waals surface area contributed by atoms with Crippen LogP contribution in [0.2, 0.25) is 0 Å². The highest BCUT2D eigenvalue weighted by atomic mass is 16.5. The number of benzene rings is 2. The number of anilines is 2. The largest absolute Gasteiger partial charge is 0.493 e. The molecule has 5 nitrogen and oxygen atoms in total. The van der Waals surface area contributed by atoms with Crippen LogP contribution in [-0.4, -0.2) is 45.8 Å². The molecule has 2 aromatic carbocycles. The summed E-state index contributed by atoms with van der Waals surface area (Å²) in [4.78, 5) is 2.54. The van der Waals surface area contributed by atoms with E-state index in [4.69, 9.17) is 9.47 Å². The minimum atomic E-state index is 0.825. The Balaban J connectivity index is 1.45. The van der Waals surface area contributed by atoms with E-state index in [1.807, 2.05) is 7.05 Å². The normalized spacial score (nSPS) is 13.7. The second-order valence-electron chi connectivity index (χ2n) is 6.93. The van der Waals surface area contributed by atoms with Gasteiger partial charge in [-0.2, -0.15) is 0 Å². The molecule has 27 heavy (non-hydrogen) atoms. The average molecular weight is 370 g/mol. The summed E-state index contributed by atoms with van der Waals surface area (Å²) in [6, 6.07) is 12.6. The smallest absolute Gasteiger partial charge is 0.161 e. The Kier molecular flexibility index (Phi) is 6.82. The van der Waals surface area contributed by atoms with Gasteiger partial charge >= 0.3 is 0 Å². The fourth-order valence-corrected chi connectivity index (χ4v) is 3.67. The van der Waals surface area contributed by atoms with Crippen LogP contribution in [0.1, 0.15) is 24.0 Å². The summed E-state index contributed by atoms with van der Waals surface area (Å²) in [5.74, 6) is 1.66. The summed E-state index contributed by atoms with van der Waals surface area (Å²) in [5, 5.41) is 6.76. The number of ether oxygens (including phenoxy) is 2. The number of rotatable bonds is 9. The molecule has 1 heterocycles. The molecule has 5 heteroatoms. The van der Waals surface area contributed by atoms with Gasteiger partial charge in [0.2, 0.25) is 0 Å². The third-order valence-corrected chi connectivity index (χ3v) is 5.21. The molecule has 3 rings (SSSR count). The fraction of sp³-hybridized carbons (Fsp3) is 0.455. The molecule has 0 aliphatic carbocycles. The van der Waals surface area contributed by atoms with E-state index in [0.29, 0.717) is 0 Å². The molecule has 0 saturated carbocycles. The van der Waals surface area contributed by atoms with E-state index < -0.39 is 0 Å². The summed E-state index contributed by atoms with van der Waals surface area (Å²) in [5.41, 5.74) is 5.07. The molecule has 0 amide bonds. The zero-order valence-corrected chi connectivity index (χ0v) is 16.7. The van der Waals surface area contributed by atoms with Crippen LogP contribution in [0.25, 0.3) is 0 Å². The molecule has 0 radical (unpaired) electrons. The van der Waals surface area contributed by atoms with Crippen LogP contribution in [0.3, 0.4) is 0 Å². The van der Waals surface area contributed by atoms with E-state index in [1.165, 1.54) is 23.2 Å². The number of hydrogen-bond acceptors (Lipinski definition) is 5. The first kappa shape index (κ1) is 19.4. The Morgan fingerprint density at radius 3 is 2.37 bits per heavy atom. The molecule has 0 unspecified atom stereocenters. The first-order chi connectivity index (χ1) is 13.2. The monoisotopic (exact) mass is 369 g/mol. The molecule has 2 N–H and O–H groups in total. The van der Waals surface area contributed by atoms with Crippen LogP contribution in [-0.2, 0) is 13.0 Å². The number of unbranched alkanes of at least 4 members (excludes halogenated alkanes) is 1. The molecule has 2 aromatic rings. The summed E-state index contributed by atoms with van der Waals surface area (Å²) < 4.78 is 10.9. The first-order valence-electron chi connectivity index (χ1n) is 9.72. The van der Waals surface area contributed by atoms with E-state index in [2.05, 4.69) is 51.9 Å². The van der Waals surface area contributed by atoms with Gasteiger partial charge in [0.25, 0.3) is 0 Å². The molecule has 0 saturated heterocycles. The fourth-order valence-electron chi connectivity index (χ4n) is 3.67. The van der Waals surface area contributed by atoms with Gasteiger partial charge in [-0.15, -0.1) is 0 Å². The van der Waals surface area contributed by atoms with Gasteiger partial charge in [-0.25, -0.2) is 0 Å². The van der Waals surface area contributed by atoms with Gasteiger partial charge < -0.3 is 20.1 Å². The summed E-state index contributed by atoms with van der Waals surface area (Å²) in [7, 11) is 5.35. The van der Waals surface area contributed by atoms with Crippen molar-refractivity contribution in [3.63, 3.8) is 0 Å². The van der Waals surface area contributed by atoms with Gasteiger partial charge in [-0.1, -0.05) is 12.1 Å². The highest BCUT2D eigenvalue weighted by Crippen LogP contribution is 2.33. The highest BCUT2D eigenvalue weighted by molar-refractivity contribution is 5.68. The van der Waals surface area contributed by atoms with Crippen molar-refractivity contribution in [2.24, 2.45) is 0 Å².